The summed E-state index contributed by atoms with van der Waals surface area (Å²) in [5.74, 6) is 0.0462. The topological polar surface area (TPSA) is 79.9 Å². The van der Waals surface area contributed by atoms with Crippen molar-refractivity contribution in [3.8, 4) is 11.8 Å². The number of hydrogen-bond donors (Lipinski definition) is 1. The maximum absolute atomic E-state index is 12.0. The molecule has 1 aromatic heterocycles. The fourth-order valence-corrected chi connectivity index (χ4v) is 1.63. The average molecular weight is 256 g/mol. The Morgan fingerprint density at radius 2 is 2.32 bits per heavy atom. The molecule has 1 amide bonds. The molecule has 2 aromatic rings. The minimum absolute atomic E-state index is 0.275. The molecule has 0 unspecified atom stereocenters. The molecule has 0 aliphatic rings. The van der Waals surface area contributed by atoms with Crippen molar-refractivity contribution in [3.05, 3.63) is 42.0 Å². The molecular formula is C13H12N4O2. The molecule has 0 fully saturated rings. The third-order valence-corrected chi connectivity index (χ3v) is 2.54. The second-order valence-electron chi connectivity index (χ2n) is 3.87. The molecule has 6 nitrogen and oxygen atoms in total. The molecule has 0 atom stereocenters. The van der Waals surface area contributed by atoms with Gasteiger partial charge in [0, 0.05) is 13.2 Å². The summed E-state index contributed by atoms with van der Waals surface area (Å²) in [5.41, 5.74) is 0.962. The van der Waals surface area contributed by atoms with Crippen LogP contribution in [0.25, 0.3) is 0 Å². The molecule has 1 aromatic carbocycles. The van der Waals surface area contributed by atoms with Crippen LogP contribution in [-0.4, -0.2) is 22.6 Å². The summed E-state index contributed by atoms with van der Waals surface area (Å²) in [7, 11) is 3.25. The van der Waals surface area contributed by atoms with Crippen molar-refractivity contribution in [2.45, 2.75) is 0 Å². The van der Waals surface area contributed by atoms with E-state index in [9.17, 15) is 4.79 Å². The number of imidazole rings is 1. The third kappa shape index (κ3) is 2.55. The number of anilines is 1. The van der Waals surface area contributed by atoms with E-state index in [1.54, 1.807) is 36.0 Å². The van der Waals surface area contributed by atoms with Gasteiger partial charge in [-0.05, 0) is 12.1 Å². The van der Waals surface area contributed by atoms with Crippen molar-refractivity contribution in [1.82, 2.24) is 9.55 Å². The van der Waals surface area contributed by atoms with E-state index >= 15 is 0 Å². The van der Waals surface area contributed by atoms with Crippen molar-refractivity contribution in [1.29, 1.82) is 5.26 Å². The van der Waals surface area contributed by atoms with Crippen molar-refractivity contribution in [2.75, 3.05) is 12.4 Å². The average Bonchev–Trinajstić information content (AvgIpc) is 2.85. The lowest BCUT2D eigenvalue weighted by Crippen LogP contribution is -2.14. The molecule has 0 spiro atoms. The summed E-state index contributed by atoms with van der Waals surface area (Å²) in [6.45, 7) is 0. The molecule has 1 heterocycles. The Hall–Kier alpha value is -2.81. The molecule has 2 rings (SSSR count). The number of amides is 1. The fraction of sp³-hybridized carbons (Fsp3) is 0.154. The zero-order valence-electron chi connectivity index (χ0n) is 10.5. The molecule has 0 aliphatic carbocycles. The first-order chi connectivity index (χ1) is 9.15. The first-order valence-corrected chi connectivity index (χ1v) is 5.52. The zero-order chi connectivity index (χ0) is 13.8. The number of aryl methyl sites for hydroxylation is 1. The number of methoxy groups -OCH3 is 1. The smallest absolute Gasteiger partial charge is 0.275 e. The van der Waals surface area contributed by atoms with E-state index in [0.29, 0.717) is 17.0 Å². The van der Waals surface area contributed by atoms with Gasteiger partial charge in [-0.3, -0.25) is 4.79 Å². The maximum Gasteiger partial charge on any atom is 0.275 e. The summed E-state index contributed by atoms with van der Waals surface area (Å²) in [6, 6.07) is 6.98. The highest BCUT2D eigenvalue weighted by molar-refractivity contribution is 6.04. The Morgan fingerprint density at radius 3 is 2.89 bits per heavy atom. The predicted octanol–water partition coefficient (Wildman–Crippen LogP) is 1.55. The van der Waals surface area contributed by atoms with Crippen molar-refractivity contribution < 1.29 is 9.53 Å². The normalized spacial score (nSPS) is 9.74. The first-order valence-electron chi connectivity index (χ1n) is 5.52. The minimum Gasteiger partial charge on any atom is -0.495 e. The Labute approximate surface area is 110 Å². The SMILES string of the molecule is COc1cccc(C#N)c1NC(=O)c1cn(C)cn1. The number of benzene rings is 1. The molecule has 19 heavy (non-hydrogen) atoms. The number of rotatable bonds is 3. The number of hydrogen-bond acceptors (Lipinski definition) is 4. The third-order valence-electron chi connectivity index (χ3n) is 2.54. The molecule has 6 heteroatoms. The predicted molar refractivity (Wildman–Crippen MR) is 68.9 cm³/mol. The molecule has 0 saturated carbocycles. The Morgan fingerprint density at radius 1 is 1.53 bits per heavy atom. The van der Waals surface area contributed by atoms with Crippen molar-refractivity contribution in [2.24, 2.45) is 7.05 Å². The van der Waals surface area contributed by atoms with Crippen LogP contribution in [0, 0.1) is 11.3 Å². The standard InChI is InChI=1S/C13H12N4O2/c1-17-7-10(15-8-17)13(18)16-12-9(6-14)4-3-5-11(12)19-2/h3-5,7-8H,1-2H3,(H,16,18). The van der Waals surface area contributed by atoms with Crippen LogP contribution in [0.3, 0.4) is 0 Å². The van der Waals surface area contributed by atoms with Gasteiger partial charge >= 0.3 is 0 Å². The molecule has 0 radical (unpaired) electrons. The van der Waals surface area contributed by atoms with E-state index < -0.39 is 0 Å². The molecular weight excluding hydrogens is 244 g/mol. The summed E-state index contributed by atoms with van der Waals surface area (Å²) in [4.78, 5) is 16.0. The van der Waals surface area contributed by atoms with Crippen LogP contribution < -0.4 is 10.1 Å². The van der Waals surface area contributed by atoms with Crippen LogP contribution in [-0.2, 0) is 7.05 Å². The number of nitrogens with one attached hydrogen (secondary N) is 1. The Balaban J connectivity index is 2.33. The zero-order valence-corrected chi connectivity index (χ0v) is 10.5. The van der Waals surface area contributed by atoms with Crippen LogP contribution in [0.2, 0.25) is 0 Å². The van der Waals surface area contributed by atoms with Gasteiger partial charge in [0.2, 0.25) is 0 Å². The lowest BCUT2D eigenvalue weighted by molar-refractivity contribution is 0.102. The molecule has 0 aliphatic heterocycles. The van der Waals surface area contributed by atoms with Crippen molar-refractivity contribution >= 4 is 11.6 Å². The van der Waals surface area contributed by atoms with Gasteiger partial charge in [0.25, 0.3) is 5.91 Å². The highest BCUT2D eigenvalue weighted by atomic mass is 16.5. The minimum atomic E-state index is -0.387. The summed E-state index contributed by atoms with van der Waals surface area (Å²) in [5, 5.41) is 11.7. The van der Waals surface area contributed by atoms with Crippen LogP contribution in [0.5, 0.6) is 5.75 Å². The number of carbonyl (C=O) groups is 1. The molecule has 96 valence electrons. The van der Waals surface area contributed by atoms with E-state index in [4.69, 9.17) is 10.00 Å². The second kappa shape index (κ2) is 5.23. The highest BCUT2D eigenvalue weighted by Gasteiger charge is 2.15. The summed E-state index contributed by atoms with van der Waals surface area (Å²) >= 11 is 0. The lowest BCUT2D eigenvalue weighted by Gasteiger charge is -2.10. The van der Waals surface area contributed by atoms with Gasteiger partial charge in [0.05, 0.1) is 19.0 Å². The maximum atomic E-state index is 12.0. The number of nitrogens with zero attached hydrogens (tertiary/aromatic N) is 3. The molecule has 0 saturated heterocycles. The van der Waals surface area contributed by atoms with E-state index in [1.807, 2.05) is 6.07 Å². The first kappa shape index (κ1) is 12.6. The largest absolute Gasteiger partial charge is 0.495 e. The van der Waals surface area contributed by atoms with Gasteiger partial charge in [-0.1, -0.05) is 6.07 Å². The fourth-order valence-electron chi connectivity index (χ4n) is 1.63. The van der Waals surface area contributed by atoms with Crippen LogP contribution in [0.1, 0.15) is 16.1 Å². The van der Waals surface area contributed by atoms with E-state index in [2.05, 4.69) is 10.3 Å². The van der Waals surface area contributed by atoms with Gasteiger partial charge < -0.3 is 14.6 Å². The van der Waals surface area contributed by atoms with Crippen LogP contribution in [0.15, 0.2) is 30.7 Å². The second-order valence-corrected chi connectivity index (χ2v) is 3.87. The van der Waals surface area contributed by atoms with Gasteiger partial charge in [-0.2, -0.15) is 5.26 Å². The highest BCUT2D eigenvalue weighted by Crippen LogP contribution is 2.28. The van der Waals surface area contributed by atoms with Gasteiger partial charge in [0.1, 0.15) is 23.2 Å². The van der Waals surface area contributed by atoms with E-state index in [0.717, 1.165) is 0 Å². The lowest BCUT2D eigenvalue weighted by atomic mass is 10.1. The van der Waals surface area contributed by atoms with E-state index in [-0.39, 0.29) is 11.6 Å². The number of nitriles is 1. The summed E-state index contributed by atoms with van der Waals surface area (Å²) < 4.78 is 6.81. The molecule has 1 N–H and O–H groups in total. The monoisotopic (exact) mass is 256 g/mol. The van der Waals surface area contributed by atoms with E-state index in [1.165, 1.54) is 13.4 Å². The number of para-hydroxylation sites is 1. The number of carbonyl (C=O) groups excluding carboxylic acids is 1. The van der Waals surface area contributed by atoms with Gasteiger partial charge in [-0.15, -0.1) is 0 Å². The van der Waals surface area contributed by atoms with Crippen LogP contribution in [0.4, 0.5) is 5.69 Å². The van der Waals surface area contributed by atoms with Gasteiger partial charge in [0.15, 0.2) is 0 Å². The van der Waals surface area contributed by atoms with Crippen molar-refractivity contribution in [3.63, 3.8) is 0 Å². The van der Waals surface area contributed by atoms with Crippen LogP contribution >= 0.6 is 0 Å². The summed E-state index contributed by atoms with van der Waals surface area (Å²) in [6.07, 6.45) is 3.12. The van der Waals surface area contributed by atoms with Gasteiger partial charge in [-0.25, -0.2) is 4.98 Å². The molecule has 0 bridgehead atoms. The number of ether oxygens (including phenoxy) is 1. The Kier molecular flexibility index (Phi) is 3.48. The number of aromatic nitrogens is 2. The quantitative estimate of drug-likeness (QED) is 0.903. The Bertz CT molecular complexity index is 655.